The topological polar surface area (TPSA) is 68.3 Å². The summed E-state index contributed by atoms with van der Waals surface area (Å²) in [6, 6.07) is 10.8. The van der Waals surface area contributed by atoms with Crippen molar-refractivity contribution >= 4 is 10.0 Å². The van der Waals surface area contributed by atoms with Crippen molar-refractivity contribution in [3.8, 4) is 5.88 Å². The Kier molecular flexibility index (Phi) is 5.39. The molecule has 25 heavy (non-hydrogen) atoms. The predicted octanol–water partition coefficient (Wildman–Crippen LogP) is 3.37. The standard InChI is InChI=1S/C19H24N2O3S/c1-14-6-11-18(13-15(14)2)25(22,23)21-16-7-9-17(10-8-16)24-19-5-3-4-12-20-19/h3-6,11-13,16-17,21H,7-10H2,1-2H3. The van der Waals surface area contributed by atoms with Crippen molar-refractivity contribution in [2.45, 2.75) is 56.6 Å². The van der Waals surface area contributed by atoms with Crippen LogP contribution < -0.4 is 9.46 Å². The number of rotatable bonds is 5. The van der Waals surface area contributed by atoms with Gasteiger partial charge in [-0.1, -0.05) is 12.1 Å². The second kappa shape index (κ2) is 7.54. The highest BCUT2D eigenvalue weighted by atomic mass is 32.2. The first-order valence-electron chi connectivity index (χ1n) is 8.61. The van der Waals surface area contributed by atoms with Crippen LogP contribution >= 0.6 is 0 Å². The third kappa shape index (κ3) is 4.58. The van der Waals surface area contributed by atoms with Crippen LogP contribution in [-0.4, -0.2) is 25.5 Å². The molecule has 1 heterocycles. The first-order chi connectivity index (χ1) is 11.9. The number of hydrogen-bond donors (Lipinski definition) is 1. The Morgan fingerprint density at radius 3 is 2.44 bits per heavy atom. The highest BCUT2D eigenvalue weighted by molar-refractivity contribution is 7.89. The quantitative estimate of drug-likeness (QED) is 0.888. The molecular formula is C19H24N2O3S. The molecule has 0 spiro atoms. The molecule has 1 N–H and O–H groups in total. The number of benzene rings is 1. The van der Waals surface area contributed by atoms with Gasteiger partial charge in [0.15, 0.2) is 0 Å². The van der Waals surface area contributed by atoms with Gasteiger partial charge in [0, 0.05) is 18.3 Å². The van der Waals surface area contributed by atoms with E-state index in [-0.39, 0.29) is 12.1 Å². The number of nitrogens with one attached hydrogen (secondary N) is 1. The van der Waals surface area contributed by atoms with Crippen molar-refractivity contribution in [1.82, 2.24) is 9.71 Å². The van der Waals surface area contributed by atoms with Crippen molar-refractivity contribution < 1.29 is 13.2 Å². The zero-order valence-electron chi connectivity index (χ0n) is 14.6. The van der Waals surface area contributed by atoms with Crippen LogP contribution in [0.25, 0.3) is 0 Å². The summed E-state index contributed by atoms with van der Waals surface area (Å²) >= 11 is 0. The molecule has 2 aromatic rings. The van der Waals surface area contributed by atoms with Gasteiger partial charge >= 0.3 is 0 Å². The van der Waals surface area contributed by atoms with Crippen LogP contribution in [0.2, 0.25) is 0 Å². The Balaban J connectivity index is 1.57. The number of aryl methyl sites for hydroxylation is 2. The summed E-state index contributed by atoms with van der Waals surface area (Å²) in [4.78, 5) is 4.51. The van der Waals surface area contributed by atoms with Gasteiger partial charge in [0.25, 0.3) is 0 Å². The minimum Gasteiger partial charge on any atom is -0.474 e. The van der Waals surface area contributed by atoms with Gasteiger partial charge < -0.3 is 4.74 Å². The first-order valence-corrected chi connectivity index (χ1v) is 10.1. The lowest BCUT2D eigenvalue weighted by molar-refractivity contribution is 0.138. The average Bonchev–Trinajstić information content (AvgIpc) is 2.60. The van der Waals surface area contributed by atoms with E-state index in [1.165, 1.54) is 0 Å². The third-order valence-corrected chi connectivity index (χ3v) is 6.23. The van der Waals surface area contributed by atoms with Gasteiger partial charge in [0.1, 0.15) is 6.10 Å². The van der Waals surface area contributed by atoms with E-state index in [0.29, 0.717) is 10.8 Å². The number of nitrogens with zero attached hydrogens (tertiary/aromatic N) is 1. The molecule has 1 aromatic carbocycles. The monoisotopic (exact) mass is 360 g/mol. The Morgan fingerprint density at radius 2 is 1.80 bits per heavy atom. The summed E-state index contributed by atoms with van der Waals surface area (Å²) in [6.45, 7) is 3.90. The molecule has 1 saturated carbocycles. The lowest BCUT2D eigenvalue weighted by Crippen LogP contribution is -2.39. The molecule has 0 radical (unpaired) electrons. The summed E-state index contributed by atoms with van der Waals surface area (Å²) in [6.07, 6.45) is 4.96. The predicted molar refractivity (Wildman–Crippen MR) is 97.1 cm³/mol. The van der Waals surface area contributed by atoms with Gasteiger partial charge in [-0.2, -0.15) is 0 Å². The molecule has 0 amide bonds. The van der Waals surface area contributed by atoms with Crippen LogP contribution in [0.5, 0.6) is 5.88 Å². The lowest BCUT2D eigenvalue weighted by Gasteiger charge is -2.29. The van der Waals surface area contributed by atoms with E-state index in [0.717, 1.165) is 36.8 Å². The van der Waals surface area contributed by atoms with Crippen molar-refractivity contribution in [2.75, 3.05) is 0 Å². The van der Waals surface area contributed by atoms with E-state index in [2.05, 4.69) is 9.71 Å². The zero-order chi connectivity index (χ0) is 17.9. The van der Waals surface area contributed by atoms with Gasteiger partial charge in [0.05, 0.1) is 4.90 Å². The first kappa shape index (κ1) is 17.9. The van der Waals surface area contributed by atoms with Crippen molar-refractivity contribution in [3.63, 3.8) is 0 Å². The normalized spacial score (nSPS) is 21.0. The second-order valence-corrected chi connectivity index (χ2v) is 8.34. The Labute approximate surface area is 149 Å². The Hall–Kier alpha value is -1.92. The molecule has 1 fully saturated rings. The fraction of sp³-hybridized carbons (Fsp3) is 0.421. The van der Waals surface area contributed by atoms with Crippen molar-refractivity contribution in [1.29, 1.82) is 0 Å². The van der Waals surface area contributed by atoms with Gasteiger partial charge in [0.2, 0.25) is 15.9 Å². The van der Waals surface area contributed by atoms with E-state index in [1.807, 2.05) is 38.1 Å². The highest BCUT2D eigenvalue weighted by Gasteiger charge is 2.27. The summed E-state index contributed by atoms with van der Waals surface area (Å²) < 4.78 is 33.9. The summed E-state index contributed by atoms with van der Waals surface area (Å²) in [5, 5.41) is 0. The molecule has 5 nitrogen and oxygen atoms in total. The minimum absolute atomic E-state index is 0.0461. The molecule has 0 bridgehead atoms. The van der Waals surface area contributed by atoms with Crippen LogP contribution in [0, 0.1) is 13.8 Å². The van der Waals surface area contributed by atoms with Gasteiger partial charge in [-0.25, -0.2) is 18.1 Å². The highest BCUT2D eigenvalue weighted by Crippen LogP contribution is 2.24. The van der Waals surface area contributed by atoms with Gasteiger partial charge in [-0.05, 0) is 68.9 Å². The number of aromatic nitrogens is 1. The largest absolute Gasteiger partial charge is 0.474 e. The Bertz CT molecular complexity index is 814. The molecule has 134 valence electrons. The number of pyridine rings is 1. The van der Waals surface area contributed by atoms with Crippen molar-refractivity contribution in [2.24, 2.45) is 0 Å². The maximum absolute atomic E-state index is 12.6. The summed E-state index contributed by atoms with van der Waals surface area (Å²) in [5.74, 6) is 0.627. The van der Waals surface area contributed by atoms with Crippen LogP contribution in [0.3, 0.4) is 0 Å². The third-order valence-electron chi connectivity index (χ3n) is 4.71. The number of hydrogen-bond acceptors (Lipinski definition) is 4. The number of sulfonamides is 1. The molecule has 0 aliphatic heterocycles. The van der Waals surface area contributed by atoms with Gasteiger partial charge in [-0.3, -0.25) is 0 Å². The van der Waals surface area contributed by atoms with Crippen LogP contribution in [-0.2, 0) is 10.0 Å². The maximum Gasteiger partial charge on any atom is 0.240 e. The van der Waals surface area contributed by atoms with Gasteiger partial charge in [-0.15, -0.1) is 0 Å². The zero-order valence-corrected chi connectivity index (χ0v) is 15.4. The molecule has 0 atom stereocenters. The smallest absolute Gasteiger partial charge is 0.240 e. The molecule has 0 saturated heterocycles. The van der Waals surface area contributed by atoms with E-state index in [1.54, 1.807) is 18.3 Å². The van der Waals surface area contributed by atoms with E-state index in [4.69, 9.17) is 4.74 Å². The van der Waals surface area contributed by atoms with Crippen LogP contribution in [0.15, 0.2) is 47.5 Å². The van der Waals surface area contributed by atoms with E-state index >= 15 is 0 Å². The molecular weight excluding hydrogens is 336 g/mol. The average molecular weight is 360 g/mol. The van der Waals surface area contributed by atoms with E-state index in [9.17, 15) is 8.42 Å². The molecule has 1 aliphatic rings. The molecule has 1 aliphatic carbocycles. The number of ether oxygens (including phenoxy) is 1. The molecule has 1 aromatic heterocycles. The summed E-state index contributed by atoms with van der Waals surface area (Å²) in [7, 11) is -3.48. The second-order valence-electron chi connectivity index (χ2n) is 6.63. The fourth-order valence-electron chi connectivity index (χ4n) is 3.05. The van der Waals surface area contributed by atoms with E-state index < -0.39 is 10.0 Å². The van der Waals surface area contributed by atoms with Crippen LogP contribution in [0.1, 0.15) is 36.8 Å². The molecule has 3 rings (SSSR count). The molecule has 6 heteroatoms. The maximum atomic E-state index is 12.6. The Morgan fingerprint density at radius 1 is 1.04 bits per heavy atom. The van der Waals surface area contributed by atoms with Crippen molar-refractivity contribution in [3.05, 3.63) is 53.7 Å². The lowest BCUT2D eigenvalue weighted by atomic mass is 9.94. The van der Waals surface area contributed by atoms with Crippen LogP contribution in [0.4, 0.5) is 0 Å². The summed E-state index contributed by atoms with van der Waals surface area (Å²) in [5.41, 5.74) is 2.07. The minimum atomic E-state index is -3.48. The fourth-order valence-corrected chi connectivity index (χ4v) is 4.44. The molecule has 0 unspecified atom stereocenters. The SMILES string of the molecule is Cc1ccc(S(=O)(=O)NC2CCC(Oc3ccccn3)CC2)cc1C.